The summed E-state index contributed by atoms with van der Waals surface area (Å²) < 4.78 is 18.2. The lowest BCUT2D eigenvalue weighted by atomic mass is 9.95. The minimum atomic E-state index is -0.197. The molecule has 18 heavy (non-hydrogen) atoms. The zero-order valence-corrected chi connectivity index (χ0v) is 10.1. The summed E-state index contributed by atoms with van der Waals surface area (Å²) in [5.74, 6) is 1.03. The van der Waals surface area contributed by atoms with Crippen LogP contribution in [0.15, 0.2) is 28.7 Å². The van der Waals surface area contributed by atoms with Crippen LogP contribution in [0, 0.1) is 12.7 Å². The fourth-order valence-corrected chi connectivity index (χ4v) is 2.27. The Labute approximate surface area is 104 Å². The van der Waals surface area contributed by atoms with Gasteiger partial charge >= 0.3 is 0 Å². The van der Waals surface area contributed by atoms with Crippen LogP contribution in [0.25, 0.3) is 0 Å². The number of benzene rings is 1. The van der Waals surface area contributed by atoms with E-state index in [1.54, 1.807) is 6.92 Å². The van der Waals surface area contributed by atoms with Gasteiger partial charge in [-0.2, -0.15) is 0 Å². The largest absolute Gasteiger partial charge is 0.424 e. The van der Waals surface area contributed by atoms with E-state index in [0.717, 1.165) is 18.5 Å². The van der Waals surface area contributed by atoms with Gasteiger partial charge < -0.3 is 4.42 Å². The zero-order chi connectivity index (χ0) is 12.5. The van der Waals surface area contributed by atoms with Gasteiger partial charge in [-0.15, -0.1) is 10.2 Å². The molecule has 0 N–H and O–H groups in total. The fraction of sp³-hybridized carbons (Fsp3) is 0.385. The van der Waals surface area contributed by atoms with Crippen molar-refractivity contribution < 1.29 is 8.81 Å². The second-order valence-corrected chi connectivity index (χ2v) is 4.54. The normalized spacial score (nSPS) is 19.8. The molecule has 0 saturated carbocycles. The van der Waals surface area contributed by atoms with Gasteiger partial charge in [0, 0.05) is 19.5 Å². The molecular formula is C13H14FN3O. The molecule has 1 unspecified atom stereocenters. The Kier molecular flexibility index (Phi) is 2.83. The molecule has 2 aromatic rings. The lowest BCUT2D eigenvalue weighted by Crippen LogP contribution is -2.40. The van der Waals surface area contributed by atoms with Crippen molar-refractivity contribution in [2.45, 2.75) is 25.9 Å². The quantitative estimate of drug-likeness (QED) is 0.835. The molecule has 4 nitrogen and oxygen atoms in total. The molecule has 2 heterocycles. The summed E-state index contributed by atoms with van der Waals surface area (Å²) in [6, 6.07) is 7.01. The van der Waals surface area contributed by atoms with Crippen molar-refractivity contribution in [3.05, 3.63) is 47.4 Å². The van der Waals surface area contributed by atoms with Crippen molar-refractivity contribution in [3.8, 4) is 0 Å². The maximum atomic E-state index is 12.9. The summed E-state index contributed by atoms with van der Waals surface area (Å²) >= 11 is 0. The van der Waals surface area contributed by atoms with E-state index >= 15 is 0 Å². The first kappa shape index (κ1) is 11.3. The van der Waals surface area contributed by atoms with Gasteiger partial charge in [0.2, 0.25) is 11.8 Å². The molecule has 5 heteroatoms. The Balaban J connectivity index is 1.70. The molecule has 1 fully saturated rings. The summed E-state index contributed by atoms with van der Waals surface area (Å²) in [6.45, 7) is 3.44. The lowest BCUT2D eigenvalue weighted by molar-refractivity contribution is 0.0712. The van der Waals surface area contributed by atoms with E-state index < -0.39 is 0 Å². The van der Waals surface area contributed by atoms with E-state index in [9.17, 15) is 4.39 Å². The predicted molar refractivity (Wildman–Crippen MR) is 63.2 cm³/mol. The molecular weight excluding hydrogens is 233 g/mol. The Bertz CT molecular complexity index is 537. The fourth-order valence-electron chi connectivity index (χ4n) is 2.27. The molecule has 94 valence electrons. The third-order valence-corrected chi connectivity index (χ3v) is 3.29. The molecule has 0 bridgehead atoms. The topological polar surface area (TPSA) is 42.2 Å². The Morgan fingerprint density at radius 3 is 2.67 bits per heavy atom. The maximum absolute atomic E-state index is 12.9. The standard InChI is InChI=1S/C13H14FN3O/c1-9-15-16-13(18-9)8-17-7-6-12(17)10-2-4-11(14)5-3-10/h2-5,12H,6-8H2,1H3. The Hall–Kier alpha value is -1.75. The Morgan fingerprint density at radius 2 is 2.11 bits per heavy atom. The number of hydrogen-bond donors (Lipinski definition) is 0. The van der Waals surface area contributed by atoms with Crippen LogP contribution in [0.1, 0.15) is 29.8 Å². The number of hydrogen-bond acceptors (Lipinski definition) is 4. The second-order valence-electron chi connectivity index (χ2n) is 4.54. The van der Waals surface area contributed by atoms with Crippen LogP contribution in [-0.4, -0.2) is 21.6 Å². The van der Waals surface area contributed by atoms with Gasteiger partial charge in [-0.3, -0.25) is 4.90 Å². The second kappa shape index (κ2) is 4.49. The number of rotatable bonds is 3. The van der Waals surface area contributed by atoms with Crippen LogP contribution in [-0.2, 0) is 6.54 Å². The van der Waals surface area contributed by atoms with E-state index in [4.69, 9.17) is 4.42 Å². The van der Waals surface area contributed by atoms with Crippen LogP contribution >= 0.6 is 0 Å². The zero-order valence-electron chi connectivity index (χ0n) is 10.1. The first-order valence-corrected chi connectivity index (χ1v) is 6.01. The number of aromatic nitrogens is 2. The summed E-state index contributed by atoms with van der Waals surface area (Å²) in [5.41, 5.74) is 1.14. The van der Waals surface area contributed by atoms with Gasteiger partial charge in [-0.25, -0.2) is 4.39 Å². The van der Waals surface area contributed by atoms with Crippen molar-refractivity contribution in [3.63, 3.8) is 0 Å². The van der Waals surface area contributed by atoms with E-state index in [1.165, 1.54) is 12.1 Å². The van der Waals surface area contributed by atoms with Crippen LogP contribution in [0.4, 0.5) is 4.39 Å². The number of aryl methyl sites for hydroxylation is 1. The highest BCUT2D eigenvalue weighted by molar-refractivity contribution is 5.22. The highest BCUT2D eigenvalue weighted by Gasteiger charge is 2.30. The molecule has 0 amide bonds. The molecule has 1 aromatic heterocycles. The van der Waals surface area contributed by atoms with Crippen molar-refractivity contribution in [2.75, 3.05) is 6.54 Å². The molecule has 1 atom stereocenters. The Morgan fingerprint density at radius 1 is 1.33 bits per heavy atom. The van der Waals surface area contributed by atoms with Gasteiger partial charge in [0.25, 0.3) is 0 Å². The van der Waals surface area contributed by atoms with Crippen LogP contribution in [0.3, 0.4) is 0 Å². The third kappa shape index (κ3) is 2.13. The van der Waals surface area contributed by atoms with Gasteiger partial charge in [-0.1, -0.05) is 12.1 Å². The van der Waals surface area contributed by atoms with Crippen molar-refractivity contribution in [1.82, 2.24) is 15.1 Å². The van der Waals surface area contributed by atoms with Crippen molar-refractivity contribution in [2.24, 2.45) is 0 Å². The van der Waals surface area contributed by atoms with E-state index in [-0.39, 0.29) is 5.82 Å². The average molecular weight is 247 g/mol. The van der Waals surface area contributed by atoms with Gasteiger partial charge in [-0.05, 0) is 24.1 Å². The number of nitrogens with zero attached hydrogens (tertiary/aromatic N) is 3. The van der Waals surface area contributed by atoms with Crippen LogP contribution < -0.4 is 0 Å². The van der Waals surface area contributed by atoms with Crippen LogP contribution in [0.5, 0.6) is 0 Å². The lowest BCUT2D eigenvalue weighted by Gasteiger charge is -2.40. The number of likely N-dealkylation sites (tertiary alicyclic amines) is 1. The number of halogens is 1. The summed E-state index contributed by atoms with van der Waals surface area (Å²) in [4.78, 5) is 2.25. The summed E-state index contributed by atoms with van der Waals surface area (Å²) in [5, 5.41) is 7.81. The van der Waals surface area contributed by atoms with Gasteiger partial charge in [0.1, 0.15) is 5.82 Å². The van der Waals surface area contributed by atoms with Gasteiger partial charge in [0.05, 0.1) is 6.54 Å². The highest BCUT2D eigenvalue weighted by Crippen LogP contribution is 2.34. The molecule has 1 aromatic carbocycles. The van der Waals surface area contributed by atoms with Crippen molar-refractivity contribution >= 4 is 0 Å². The minimum Gasteiger partial charge on any atom is -0.424 e. The molecule has 0 spiro atoms. The van der Waals surface area contributed by atoms with E-state index in [2.05, 4.69) is 15.1 Å². The van der Waals surface area contributed by atoms with E-state index in [1.807, 2.05) is 12.1 Å². The van der Waals surface area contributed by atoms with Crippen LogP contribution in [0.2, 0.25) is 0 Å². The third-order valence-electron chi connectivity index (χ3n) is 3.29. The molecule has 1 saturated heterocycles. The smallest absolute Gasteiger partial charge is 0.230 e. The van der Waals surface area contributed by atoms with Gasteiger partial charge in [0.15, 0.2) is 0 Å². The molecule has 1 aliphatic heterocycles. The predicted octanol–water partition coefficient (Wildman–Crippen LogP) is 2.46. The van der Waals surface area contributed by atoms with E-state index in [0.29, 0.717) is 24.4 Å². The highest BCUT2D eigenvalue weighted by atomic mass is 19.1. The molecule has 1 aliphatic rings. The summed E-state index contributed by atoms with van der Waals surface area (Å²) in [7, 11) is 0. The molecule has 3 rings (SSSR count). The first-order chi connectivity index (χ1) is 8.72. The molecule has 0 aliphatic carbocycles. The first-order valence-electron chi connectivity index (χ1n) is 6.01. The maximum Gasteiger partial charge on any atom is 0.230 e. The minimum absolute atomic E-state index is 0.197. The SMILES string of the molecule is Cc1nnc(CN2CCC2c2ccc(F)cc2)o1. The molecule has 0 radical (unpaired) electrons. The van der Waals surface area contributed by atoms with Crippen molar-refractivity contribution in [1.29, 1.82) is 0 Å². The monoisotopic (exact) mass is 247 g/mol. The average Bonchev–Trinajstić information content (AvgIpc) is 2.74. The summed E-state index contributed by atoms with van der Waals surface area (Å²) in [6.07, 6.45) is 1.08.